The predicted octanol–water partition coefficient (Wildman–Crippen LogP) is 2.05. The van der Waals surface area contributed by atoms with Gasteiger partial charge in [0.1, 0.15) is 0 Å². The number of rotatable bonds is 4. The summed E-state index contributed by atoms with van der Waals surface area (Å²) in [6.07, 6.45) is 3.58. The Bertz CT molecular complexity index is 676. The third-order valence-corrected chi connectivity index (χ3v) is 2.86. The highest BCUT2D eigenvalue weighted by molar-refractivity contribution is 6.08. The van der Waals surface area contributed by atoms with Crippen LogP contribution in [-0.4, -0.2) is 11.8 Å². The first-order valence-electron chi connectivity index (χ1n) is 6.05. The van der Waals surface area contributed by atoms with Gasteiger partial charge in [0.2, 0.25) is 11.8 Å². The highest BCUT2D eigenvalue weighted by Crippen LogP contribution is 2.17. The second-order valence-corrected chi connectivity index (χ2v) is 4.24. The van der Waals surface area contributed by atoms with Crippen LogP contribution < -0.4 is 11.5 Å². The van der Waals surface area contributed by atoms with Gasteiger partial charge in [-0.25, -0.2) is 0 Å². The van der Waals surface area contributed by atoms with Gasteiger partial charge in [-0.15, -0.1) is 0 Å². The molecule has 0 aromatic heterocycles. The molecule has 2 rings (SSSR count). The van der Waals surface area contributed by atoms with Crippen molar-refractivity contribution < 1.29 is 9.59 Å². The van der Waals surface area contributed by atoms with E-state index >= 15 is 0 Å². The van der Waals surface area contributed by atoms with Gasteiger partial charge in [-0.1, -0.05) is 54.6 Å². The Balaban J connectivity index is 2.47. The lowest BCUT2D eigenvalue weighted by atomic mass is 9.99. The first-order chi connectivity index (χ1) is 9.59. The second kappa shape index (κ2) is 5.84. The average molecular weight is 266 g/mol. The van der Waals surface area contributed by atoms with Gasteiger partial charge in [0.15, 0.2) is 0 Å². The maximum Gasteiger partial charge on any atom is 0.250 e. The van der Waals surface area contributed by atoms with Crippen LogP contribution in [0.1, 0.15) is 31.8 Å². The zero-order chi connectivity index (χ0) is 14.5. The minimum absolute atomic E-state index is 0.132. The van der Waals surface area contributed by atoms with Crippen LogP contribution in [0.5, 0.6) is 0 Å². The van der Waals surface area contributed by atoms with Gasteiger partial charge < -0.3 is 11.5 Å². The number of carbonyl (C=O) groups is 2. The number of benzene rings is 2. The lowest BCUT2D eigenvalue weighted by Gasteiger charge is -2.06. The van der Waals surface area contributed by atoms with Gasteiger partial charge in [0, 0.05) is 0 Å². The van der Waals surface area contributed by atoms with Crippen molar-refractivity contribution in [1.29, 1.82) is 0 Å². The SMILES string of the molecule is NC(=O)c1cccc(C=Cc2ccccc2)c1C(N)=O. The van der Waals surface area contributed by atoms with E-state index in [9.17, 15) is 9.59 Å². The fourth-order valence-corrected chi connectivity index (χ4v) is 1.94. The molecule has 0 heterocycles. The second-order valence-electron chi connectivity index (χ2n) is 4.24. The Morgan fingerprint density at radius 2 is 1.50 bits per heavy atom. The maximum atomic E-state index is 11.5. The van der Waals surface area contributed by atoms with Gasteiger partial charge >= 0.3 is 0 Å². The van der Waals surface area contributed by atoms with Crippen LogP contribution in [-0.2, 0) is 0 Å². The molecule has 0 aliphatic carbocycles. The molecule has 100 valence electrons. The summed E-state index contributed by atoms with van der Waals surface area (Å²) in [5, 5.41) is 0. The molecule has 0 radical (unpaired) electrons. The summed E-state index contributed by atoms with van der Waals surface area (Å²) >= 11 is 0. The molecule has 0 aliphatic rings. The highest BCUT2D eigenvalue weighted by atomic mass is 16.2. The Labute approximate surface area is 116 Å². The van der Waals surface area contributed by atoms with E-state index < -0.39 is 11.8 Å². The summed E-state index contributed by atoms with van der Waals surface area (Å²) < 4.78 is 0. The number of primary amides is 2. The average Bonchev–Trinajstić information content (AvgIpc) is 2.45. The topological polar surface area (TPSA) is 86.2 Å². The van der Waals surface area contributed by atoms with Crippen LogP contribution >= 0.6 is 0 Å². The summed E-state index contributed by atoms with van der Waals surface area (Å²) in [6.45, 7) is 0. The van der Waals surface area contributed by atoms with Gasteiger partial charge in [-0.3, -0.25) is 9.59 Å². The molecule has 0 bridgehead atoms. The molecule has 0 fully saturated rings. The van der Waals surface area contributed by atoms with E-state index in [1.54, 1.807) is 18.2 Å². The first kappa shape index (κ1) is 13.5. The third-order valence-electron chi connectivity index (χ3n) is 2.86. The van der Waals surface area contributed by atoms with Crippen LogP contribution in [0.25, 0.3) is 12.2 Å². The molecular formula is C16H14N2O2. The molecule has 4 N–H and O–H groups in total. The molecule has 0 spiro atoms. The molecule has 20 heavy (non-hydrogen) atoms. The van der Waals surface area contributed by atoms with Gasteiger partial charge in [-0.2, -0.15) is 0 Å². The normalized spacial score (nSPS) is 10.6. The number of nitrogens with two attached hydrogens (primary N) is 2. The van der Waals surface area contributed by atoms with Gasteiger partial charge in [0.05, 0.1) is 11.1 Å². The summed E-state index contributed by atoms with van der Waals surface area (Å²) in [4.78, 5) is 22.9. The molecule has 0 aliphatic heterocycles. The number of carbonyl (C=O) groups excluding carboxylic acids is 2. The van der Waals surface area contributed by atoms with E-state index in [1.807, 2.05) is 36.4 Å². The Hall–Kier alpha value is -2.88. The molecule has 2 aromatic rings. The summed E-state index contributed by atoms with van der Waals surface area (Å²) in [6, 6.07) is 14.5. The van der Waals surface area contributed by atoms with Crippen molar-refractivity contribution in [2.75, 3.05) is 0 Å². The zero-order valence-electron chi connectivity index (χ0n) is 10.7. The van der Waals surface area contributed by atoms with E-state index in [1.165, 1.54) is 6.07 Å². The Morgan fingerprint density at radius 3 is 2.10 bits per heavy atom. The van der Waals surface area contributed by atoms with Crippen LogP contribution in [0.4, 0.5) is 0 Å². The lowest BCUT2D eigenvalue weighted by molar-refractivity contribution is 0.0967. The molecular weight excluding hydrogens is 252 g/mol. The molecule has 0 saturated carbocycles. The molecule has 2 aromatic carbocycles. The van der Waals surface area contributed by atoms with Crippen LogP contribution in [0.2, 0.25) is 0 Å². The van der Waals surface area contributed by atoms with E-state index in [4.69, 9.17) is 11.5 Å². The van der Waals surface area contributed by atoms with Crippen molar-refractivity contribution in [3.63, 3.8) is 0 Å². The Kier molecular flexibility index (Phi) is 3.96. The van der Waals surface area contributed by atoms with Crippen LogP contribution in [0.15, 0.2) is 48.5 Å². The molecule has 0 atom stereocenters. The molecule has 2 amide bonds. The summed E-state index contributed by atoms with van der Waals surface area (Å²) in [5.74, 6) is -1.35. The highest BCUT2D eigenvalue weighted by Gasteiger charge is 2.15. The van der Waals surface area contributed by atoms with Gasteiger partial charge in [-0.05, 0) is 17.2 Å². The molecule has 0 unspecified atom stereocenters. The standard InChI is InChI=1S/C16H14N2O2/c17-15(19)13-8-4-7-12(14(13)16(18)20)10-9-11-5-2-1-3-6-11/h1-10H,(H2,17,19)(H2,18,20). The van der Waals surface area contributed by atoms with Crippen molar-refractivity contribution in [2.24, 2.45) is 11.5 Å². The van der Waals surface area contributed by atoms with Crippen LogP contribution in [0.3, 0.4) is 0 Å². The molecule has 4 nitrogen and oxygen atoms in total. The van der Waals surface area contributed by atoms with E-state index in [0.29, 0.717) is 5.56 Å². The number of hydrogen-bond donors (Lipinski definition) is 2. The Morgan fingerprint density at radius 1 is 0.800 bits per heavy atom. The zero-order valence-corrected chi connectivity index (χ0v) is 10.7. The smallest absolute Gasteiger partial charge is 0.250 e. The molecule has 4 heteroatoms. The monoisotopic (exact) mass is 266 g/mol. The largest absolute Gasteiger partial charge is 0.366 e. The fraction of sp³-hybridized carbons (Fsp3) is 0. The summed E-state index contributed by atoms with van der Waals surface area (Å²) in [7, 11) is 0. The number of hydrogen-bond acceptors (Lipinski definition) is 2. The van der Waals surface area contributed by atoms with Crippen molar-refractivity contribution >= 4 is 24.0 Å². The third kappa shape index (κ3) is 2.92. The predicted molar refractivity (Wildman–Crippen MR) is 78.8 cm³/mol. The lowest BCUT2D eigenvalue weighted by Crippen LogP contribution is -2.21. The van der Waals surface area contributed by atoms with Crippen molar-refractivity contribution in [3.8, 4) is 0 Å². The van der Waals surface area contributed by atoms with Crippen molar-refractivity contribution in [2.45, 2.75) is 0 Å². The maximum absolute atomic E-state index is 11.5. The quantitative estimate of drug-likeness (QED) is 0.830. The minimum atomic E-state index is -0.674. The fourth-order valence-electron chi connectivity index (χ4n) is 1.94. The van der Waals surface area contributed by atoms with Gasteiger partial charge in [0.25, 0.3) is 0 Å². The summed E-state index contributed by atoms with van der Waals surface area (Å²) in [5.41, 5.74) is 12.4. The van der Waals surface area contributed by atoms with E-state index in [2.05, 4.69) is 0 Å². The van der Waals surface area contributed by atoms with Crippen molar-refractivity contribution in [3.05, 3.63) is 70.8 Å². The molecule has 0 saturated heterocycles. The van der Waals surface area contributed by atoms with E-state index in [-0.39, 0.29) is 11.1 Å². The first-order valence-corrected chi connectivity index (χ1v) is 6.05. The minimum Gasteiger partial charge on any atom is -0.366 e. The van der Waals surface area contributed by atoms with E-state index in [0.717, 1.165) is 5.56 Å². The number of amides is 2. The van der Waals surface area contributed by atoms with Crippen LogP contribution in [0, 0.1) is 0 Å². The van der Waals surface area contributed by atoms with Crippen molar-refractivity contribution in [1.82, 2.24) is 0 Å².